The molecule has 0 saturated carbocycles. The van der Waals surface area contributed by atoms with Gasteiger partial charge < -0.3 is 0 Å². The van der Waals surface area contributed by atoms with Gasteiger partial charge in [0.1, 0.15) is 6.67 Å². The number of fused-ring (bicyclic) bond motifs is 1. The molecule has 2 aliphatic rings. The van der Waals surface area contributed by atoms with Crippen LogP contribution in [0.3, 0.4) is 0 Å². The van der Waals surface area contributed by atoms with Crippen molar-refractivity contribution < 1.29 is 9.18 Å². The predicted octanol–water partition coefficient (Wildman–Crippen LogP) is 3.60. The molecule has 2 heterocycles. The molecule has 1 unspecified atom stereocenters. The van der Waals surface area contributed by atoms with Crippen LogP contribution in [0, 0.1) is 0 Å². The Morgan fingerprint density at radius 3 is 2.86 bits per heavy atom. The molecule has 22 heavy (non-hydrogen) atoms. The molecule has 4 heteroatoms. The quantitative estimate of drug-likeness (QED) is 0.796. The van der Waals surface area contributed by atoms with Crippen molar-refractivity contribution in [1.29, 1.82) is 0 Å². The lowest BCUT2D eigenvalue weighted by atomic mass is 9.97. The number of hydrogen-bond acceptors (Lipinski definition) is 2. The van der Waals surface area contributed by atoms with E-state index in [0.717, 1.165) is 30.5 Å². The number of halogens is 1. The minimum atomic E-state index is -0.467. The molecule has 3 rings (SSSR count). The third kappa shape index (κ3) is 3.07. The van der Waals surface area contributed by atoms with Gasteiger partial charge in [0.2, 0.25) is 5.91 Å². The van der Waals surface area contributed by atoms with Crippen molar-refractivity contribution in [2.75, 3.05) is 6.54 Å². The summed E-state index contributed by atoms with van der Waals surface area (Å²) in [6, 6.07) is 7.73. The highest BCUT2D eigenvalue weighted by Crippen LogP contribution is 2.31. The van der Waals surface area contributed by atoms with Crippen LogP contribution < -0.4 is 0 Å². The Bertz CT molecular complexity index is 572. The van der Waals surface area contributed by atoms with E-state index in [1.165, 1.54) is 12.8 Å². The van der Waals surface area contributed by atoms with E-state index in [1.54, 1.807) is 6.07 Å². The minimum Gasteiger partial charge on any atom is -0.273 e. The maximum Gasteiger partial charge on any atom is 0.241 e. The largest absolute Gasteiger partial charge is 0.273 e. The van der Waals surface area contributed by atoms with E-state index in [9.17, 15) is 9.18 Å². The fourth-order valence-corrected chi connectivity index (χ4v) is 3.51. The number of benzene rings is 1. The zero-order chi connectivity index (χ0) is 15.5. The van der Waals surface area contributed by atoms with E-state index in [2.05, 4.69) is 11.6 Å². The number of carbonyl (C=O) groups is 1. The zero-order valence-corrected chi connectivity index (χ0v) is 12.9. The minimum absolute atomic E-state index is 0.105. The fourth-order valence-electron chi connectivity index (χ4n) is 3.51. The molecule has 0 bridgehead atoms. The molecule has 2 fully saturated rings. The summed E-state index contributed by atoms with van der Waals surface area (Å²) in [6.07, 6.45) is 5.02. The van der Waals surface area contributed by atoms with Crippen LogP contribution in [0.2, 0.25) is 0 Å². The molecular formula is C18H23FN2O. The lowest BCUT2D eigenvalue weighted by Gasteiger charge is -2.44. The van der Waals surface area contributed by atoms with Crippen LogP contribution in [0.15, 0.2) is 36.4 Å². The van der Waals surface area contributed by atoms with E-state index in [0.29, 0.717) is 18.5 Å². The van der Waals surface area contributed by atoms with Crippen molar-refractivity contribution in [3.8, 4) is 0 Å². The summed E-state index contributed by atoms with van der Waals surface area (Å²) >= 11 is 0. The number of hydrogen-bond donors (Lipinski definition) is 0. The standard InChI is InChI=1S/C18H23FN2O/c1-14-10-18(22)21(20-9-4-2-3-8-17(14)20)13-16-7-5-6-15(11-16)12-19/h5-7,11,17H,1-4,8-10,12-13H2. The Balaban J connectivity index is 1.83. The van der Waals surface area contributed by atoms with Gasteiger partial charge in [-0.1, -0.05) is 43.7 Å². The van der Waals surface area contributed by atoms with Crippen LogP contribution in [-0.2, 0) is 18.0 Å². The van der Waals surface area contributed by atoms with Gasteiger partial charge in [-0.15, -0.1) is 0 Å². The molecule has 0 spiro atoms. The van der Waals surface area contributed by atoms with Crippen LogP contribution in [0.4, 0.5) is 4.39 Å². The third-order valence-corrected chi connectivity index (χ3v) is 4.65. The average Bonchev–Trinajstić information content (AvgIpc) is 2.78. The molecule has 1 aromatic carbocycles. The Morgan fingerprint density at radius 1 is 1.23 bits per heavy atom. The molecule has 2 saturated heterocycles. The van der Waals surface area contributed by atoms with Crippen molar-refractivity contribution in [3.63, 3.8) is 0 Å². The second kappa shape index (κ2) is 6.61. The monoisotopic (exact) mass is 302 g/mol. The molecule has 0 radical (unpaired) electrons. The van der Waals surface area contributed by atoms with Crippen LogP contribution >= 0.6 is 0 Å². The van der Waals surface area contributed by atoms with Crippen molar-refractivity contribution in [2.24, 2.45) is 0 Å². The van der Waals surface area contributed by atoms with Gasteiger partial charge in [-0.05, 0) is 29.5 Å². The normalized spacial score (nSPS) is 23.3. The van der Waals surface area contributed by atoms with Gasteiger partial charge in [0.05, 0.1) is 19.0 Å². The summed E-state index contributed by atoms with van der Waals surface area (Å²) in [4.78, 5) is 12.5. The topological polar surface area (TPSA) is 23.6 Å². The van der Waals surface area contributed by atoms with E-state index in [1.807, 2.05) is 23.2 Å². The first kappa shape index (κ1) is 15.2. The number of carbonyl (C=O) groups excluding carboxylic acids is 1. The van der Waals surface area contributed by atoms with Crippen LogP contribution in [0.25, 0.3) is 0 Å². The van der Waals surface area contributed by atoms with Crippen molar-refractivity contribution in [3.05, 3.63) is 47.5 Å². The first-order chi connectivity index (χ1) is 10.7. The Labute approximate surface area is 131 Å². The molecule has 0 aromatic heterocycles. The molecule has 0 N–H and O–H groups in total. The molecule has 0 aliphatic carbocycles. The van der Waals surface area contributed by atoms with Crippen molar-refractivity contribution in [1.82, 2.24) is 10.0 Å². The van der Waals surface area contributed by atoms with Gasteiger partial charge in [0.25, 0.3) is 0 Å². The van der Waals surface area contributed by atoms with Gasteiger partial charge >= 0.3 is 0 Å². The van der Waals surface area contributed by atoms with Crippen LogP contribution in [0.5, 0.6) is 0 Å². The maximum absolute atomic E-state index is 12.8. The van der Waals surface area contributed by atoms with Crippen LogP contribution in [-0.4, -0.2) is 28.5 Å². The van der Waals surface area contributed by atoms with E-state index >= 15 is 0 Å². The number of hydrazine groups is 1. The van der Waals surface area contributed by atoms with E-state index in [4.69, 9.17) is 0 Å². The predicted molar refractivity (Wildman–Crippen MR) is 84.5 cm³/mol. The summed E-state index contributed by atoms with van der Waals surface area (Å²) in [5, 5.41) is 4.06. The van der Waals surface area contributed by atoms with Gasteiger partial charge in [0.15, 0.2) is 0 Å². The Kier molecular flexibility index (Phi) is 4.57. The number of nitrogens with zero attached hydrogens (tertiary/aromatic N) is 2. The summed E-state index contributed by atoms with van der Waals surface area (Å²) < 4.78 is 12.8. The summed E-state index contributed by atoms with van der Waals surface area (Å²) in [6.45, 7) is 5.08. The SMILES string of the molecule is C=C1CC(=O)N(Cc2cccc(CF)c2)N2CCCCCC12. The maximum atomic E-state index is 12.8. The van der Waals surface area contributed by atoms with Crippen molar-refractivity contribution >= 4 is 5.91 Å². The number of rotatable bonds is 3. The summed E-state index contributed by atoms with van der Waals surface area (Å²) in [7, 11) is 0. The highest BCUT2D eigenvalue weighted by molar-refractivity contribution is 5.79. The summed E-state index contributed by atoms with van der Waals surface area (Å²) in [5.74, 6) is 0.105. The second-order valence-electron chi connectivity index (χ2n) is 6.27. The third-order valence-electron chi connectivity index (χ3n) is 4.65. The van der Waals surface area contributed by atoms with Crippen molar-refractivity contribution in [2.45, 2.75) is 51.4 Å². The van der Waals surface area contributed by atoms with Gasteiger partial charge in [-0.25, -0.2) is 9.40 Å². The first-order valence-corrected chi connectivity index (χ1v) is 8.07. The zero-order valence-electron chi connectivity index (χ0n) is 12.9. The highest BCUT2D eigenvalue weighted by atomic mass is 19.1. The van der Waals surface area contributed by atoms with Crippen LogP contribution in [0.1, 0.15) is 43.2 Å². The van der Waals surface area contributed by atoms with E-state index < -0.39 is 6.67 Å². The molecule has 1 aromatic rings. The molecule has 1 amide bonds. The fraction of sp³-hybridized carbons (Fsp3) is 0.500. The molecule has 2 aliphatic heterocycles. The molecule has 118 valence electrons. The summed E-state index contributed by atoms with van der Waals surface area (Å²) in [5.41, 5.74) is 2.69. The molecule has 1 atom stereocenters. The Hall–Kier alpha value is -1.68. The highest BCUT2D eigenvalue weighted by Gasteiger charge is 2.36. The number of amides is 1. The average molecular weight is 302 g/mol. The Morgan fingerprint density at radius 2 is 2.05 bits per heavy atom. The molecular weight excluding hydrogens is 279 g/mol. The smallest absolute Gasteiger partial charge is 0.241 e. The second-order valence-corrected chi connectivity index (χ2v) is 6.27. The lowest BCUT2D eigenvalue weighted by Crippen LogP contribution is -2.55. The lowest BCUT2D eigenvalue weighted by molar-refractivity contribution is -0.159. The first-order valence-electron chi connectivity index (χ1n) is 8.07. The number of alkyl halides is 1. The van der Waals surface area contributed by atoms with E-state index in [-0.39, 0.29) is 11.9 Å². The van der Waals surface area contributed by atoms with Gasteiger partial charge in [-0.2, -0.15) is 0 Å². The molecule has 3 nitrogen and oxygen atoms in total. The van der Waals surface area contributed by atoms with Gasteiger partial charge in [0, 0.05) is 6.54 Å². The van der Waals surface area contributed by atoms with Gasteiger partial charge in [-0.3, -0.25) is 9.80 Å².